The Kier molecular flexibility index (Phi) is 15.7. The maximum atomic E-state index is 13.3. The van der Waals surface area contributed by atoms with Gasteiger partial charge in [-0.1, -0.05) is 36.4 Å². The van der Waals surface area contributed by atoms with Crippen LogP contribution in [0.3, 0.4) is 0 Å². The highest BCUT2D eigenvalue weighted by Crippen LogP contribution is 2.20. The molecule has 0 aliphatic rings. The first-order valence-electron chi connectivity index (χ1n) is 18.1. The normalized spacial score (nSPS) is 13.6. The minimum atomic E-state index is -1.74. The molecule has 2 aromatic carbocycles. The lowest BCUT2D eigenvalue weighted by Crippen LogP contribution is -2.58. The monoisotopic (exact) mass is 805 g/mol. The molecule has 0 aliphatic heterocycles. The van der Waals surface area contributed by atoms with Gasteiger partial charge in [0.2, 0.25) is 29.5 Å². The number of fused-ring (bicyclic) bond motifs is 2. The van der Waals surface area contributed by atoms with E-state index in [0.29, 0.717) is 5.56 Å². The van der Waals surface area contributed by atoms with Crippen molar-refractivity contribution in [3.05, 3.63) is 72.1 Å². The summed E-state index contributed by atoms with van der Waals surface area (Å²) in [4.78, 5) is 99.2. The number of hydrogen-bond acceptors (Lipinski definition) is 10. The topological polar surface area (TPSA) is 362 Å². The van der Waals surface area contributed by atoms with Gasteiger partial charge in [0.05, 0.1) is 25.6 Å². The van der Waals surface area contributed by atoms with Crippen LogP contribution in [0.4, 0.5) is 0 Å². The molecule has 2 aromatic heterocycles. The number of para-hydroxylation sites is 2. The lowest BCUT2D eigenvalue weighted by atomic mass is 10.0. The average Bonchev–Trinajstić information content (AvgIpc) is 3.79. The van der Waals surface area contributed by atoms with Crippen molar-refractivity contribution in [2.24, 2.45) is 22.2 Å². The van der Waals surface area contributed by atoms with Gasteiger partial charge in [-0.2, -0.15) is 0 Å². The number of amides is 5. The third-order valence-corrected chi connectivity index (χ3v) is 9.01. The van der Waals surface area contributed by atoms with E-state index in [0.717, 1.165) is 27.4 Å². The molecule has 0 fully saturated rings. The van der Waals surface area contributed by atoms with E-state index in [4.69, 9.17) is 17.2 Å². The second-order valence-corrected chi connectivity index (χ2v) is 13.3. The molecule has 5 amide bonds. The molecule has 0 radical (unpaired) electrons. The number of carbonyl (C=O) groups is 7. The molecule has 2 heterocycles. The van der Waals surface area contributed by atoms with Gasteiger partial charge in [-0.3, -0.25) is 33.8 Å². The van der Waals surface area contributed by atoms with Gasteiger partial charge >= 0.3 is 11.9 Å². The number of aliphatic carboxylic acids is 2. The Labute approximate surface area is 330 Å². The van der Waals surface area contributed by atoms with Gasteiger partial charge in [0.1, 0.15) is 24.2 Å². The SMILES string of the molecule is NC(N)=NCCC[C@H](NC(=O)[C@H](CO)NC(=O)[C@@H](N)Cc1c[nH]c2ccccc12)C(=O)NCC(=O)N[C@@H](CC(=O)O)C(=O)N[C@@H](Cc1c[nH]c2ccccc12)C(=O)O. The van der Waals surface area contributed by atoms with E-state index in [1.54, 1.807) is 36.7 Å². The van der Waals surface area contributed by atoms with Crippen LogP contribution in [0.15, 0.2) is 65.9 Å². The minimum absolute atomic E-state index is 0.0505. The smallest absolute Gasteiger partial charge is 0.326 e. The lowest BCUT2D eigenvalue weighted by Gasteiger charge is -2.23. The van der Waals surface area contributed by atoms with Crippen molar-refractivity contribution in [2.75, 3.05) is 19.7 Å². The Morgan fingerprint density at radius 2 is 1.24 bits per heavy atom. The summed E-state index contributed by atoms with van der Waals surface area (Å²) in [5, 5.41) is 42.4. The Hall–Kier alpha value is -7.00. The number of nitrogens with zero attached hydrogens (tertiary/aromatic N) is 1. The van der Waals surface area contributed by atoms with E-state index in [-0.39, 0.29) is 38.2 Å². The zero-order chi connectivity index (χ0) is 42.4. The Morgan fingerprint density at radius 3 is 1.81 bits per heavy atom. The number of guanidine groups is 1. The number of aliphatic hydroxyl groups excluding tert-OH is 1. The van der Waals surface area contributed by atoms with Gasteiger partial charge in [0.25, 0.3) is 0 Å². The molecule has 0 spiro atoms. The largest absolute Gasteiger partial charge is 0.481 e. The molecule has 0 aliphatic carbocycles. The Bertz CT molecular complexity index is 2150. The number of carboxylic acids is 2. The summed E-state index contributed by atoms with van der Waals surface area (Å²) in [6.45, 7) is -1.61. The van der Waals surface area contributed by atoms with Crippen molar-refractivity contribution in [3.63, 3.8) is 0 Å². The number of rotatable bonds is 22. The van der Waals surface area contributed by atoms with Crippen molar-refractivity contribution in [2.45, 2.75) is 62.3 Å². The summed E-state index contributed by atoms with van der Waals surface area (Å²) in [7, 11) is 0. The van der Waals surface area contributed by atoms with Crippen LogP contribution in [-0.4, -0.2) is 123 Å². The third kappa shape index (κ3) is 12.5. The fourth-order valence-corrected chi connectivity index (χ4v) is 6.06. The van der Waals surface area contributed by atoms with Crippen molar-refractivity contribution in [3.8, 4) is 0 Å². The molecule has 0 saturated carbocycles. The van der Waals surface area contributed by atoms with E-state index >= 15 is 0 Å². The summed E-state index contributed by atoms with van der Waals surface area (Å²) in [5.41, 5.74) is 19.8. The standard InChI is InChI=1S/C37H47N11O10/c38-23(12-19-15-42-24-8-3-1-6-21(19)24)32(53)48-29(18-49)35(56)46-26(10-5-11-41-37(39)40)33(54)44-17-30(50)45-27(14-31(51)52)34(55)47-28(36(57)58)13-20-16-43-25-9-4-2-7-22(20)25/h1-4,6-9,15-16,23,26-29,42-43,49H,5,10-14,17-18,38H2,(H,44,54)(H,45,50)(H,46,56)(H,47,55)(H,48,53)(H,51,52)(H,57,58)(H4,39,40,41)/t23-,26-,27-,28-,29-/m0/s1. The molecule has 58 heavy (non-hydrogen) atoms. The van der Waals surface area contributed by atoms with E-state index in [9.17, 15) is 48.9 Å². The van der Waals surface area contributed by atoms with Gasteiger partial charge in [-0.25, -0.2) is 4.79 Å². The van der Waals surface area contributed by atoms with Crippen molar-refractivity contribution in [1.29, 1.82) is 0 Å². The number of carboxylic acid groups (broad SMARTS) is 2. The van der Waals surface area contributed by atoms with E-state index in [2.05, 4.69) is 41.5 Å². The van der Waals surface area contributed by atoms with Crippen LogP contribution in [0.1, 0.15) is 30.4 Å². The number of nitrogens with two attached hydrogens (primary N) is 3. The minimum Gasteiger partial charge on any atom is -0.481 e. The Balaban J connectivity index is 1.36. The highest BCUT2D eigenvalue weighted by Gasteiger charge is 2.31. The molecule has 4 rings (SSSR count). The number of carbonyl (C=O) groups excluding carboxylic acids is 5. The van der Waals surface area contributed by atoms with Crippen LogP contribution in [0.5, 0.6) is 0 Å². The summed E-state index contributed by atoms with van der Waals surface area (Å²) in [6, 6.07) is 7.23. The van der Waals surface area contributed by atoms with Gasteiger partial charge in [-0.05, 0) is 42.5 Å². The fourth-order valence-electron chi connectivity index (χ4n) is 6.06. The molecule has 21 nitrogen and oxygen atoms in total. The number of benzene rings is 2. The maximum absolute atomic E-state index is 13.3. The zero-order valence-corrected chi connectivity index (χ0v) is 31.2. The fraction of sp³-hybridized carbons (Fsp3) is 0.351. The first-order valence-corrected chi connectivity index (χ1v) is 18.1. The third-order valence-electron chi connectivity index (χ3n) is 9.01. The summed E-state index contributed by atoms with van der Waals surface area (Å²) in [5.74, 6) is -7.85. The number of aliphatic hydroxyl groups is 1. The summed E-state index contributed by atoms with van der Waals surface area (Å²) in [6.07, 6.45) is 2.39. The predicted molar refractivity (Wildman–Crippen MR) is 210 cm³/mol. The van der Waals surface area contributed by atoms with Crippen molar-refractivity contribution >= 4 is 69.2 Å². The number of H-pyrrole nitrogens is 2. The lowest BCUT2D eigenvalue weighted by molar-refractivity contribution is -0.143. The number of hydrogen-bond donors (Lipinski definition) is 13. The molecule has 310 valence electrons. The maximum Gasteiger partial charge on any atom is 0.326 e. The van der Waals surface area contributed by atoms with Crippen molar-refractivity contribution in [1.82, 2.24) is 36.6 Å². The molecule has 0 saturated heterocycles. The predicted octanol–water partition coefficient (Wildman–Crippen LogP) is -2.58. The molecule has 4 aromatic rings. The van der Waals surface area contributed by atoms with Gasteiger partial charge in [0.15, 0.2) is 5.96 Å². The van der Waals surface area contributed by atoms with E-state index in [1.165, 1.54) is 0 Å². The second-order valence-electron chi connectivity index (χ2n) is 13.3. The van der Waals surface area contributed by atoms with Gasteiger partial charge < -0.3 is 69.1 Å². The average molecular weight is 806 g/mol. The van der Waals surface area contributed by atoms with Gasteiger partial charge in [-0.15, -0.1) is 0 Å². The second kappa shape index (κ2) is 20.8. The molecule has 5 atom stereocenters. The summed E-state index contributed by atoms with van der Waals surface area (Å²) < 4.78 is 0. The zero-order valence-electron chi connectivity index (χ0n) is 31.2. The molecule has 16 N–H and O–H groups in total. The quantitative estimate of drug-likeness (QED) is 0.0221. The first-order chi connectivity index (χ1) is 27.7. The van der Waals surface area contributed by atoms with Crippen LogP contribution >= 0.6 is 0 Å². The first kappa shape index (κ1) is 43.7. The summed E-state index contributed by atoms with van der Waals surface area (Å²) >= 11 is 0. The van der Waals surface area contributed by atoms with Crippen LogP contribution in [0.2, 0.25) is 0 Å². The molecular weight excluding hydrogens is 758 g/mol. The van der Waals surface area contributed by atoms with E-state index < -0.39 is 91.3 Å². The Morgan fingerprint density at radius 1 is 0.690 bits per heavy atom. The molecular formula is C37H47N11O10. The highest BCUT2D eigenvalue weighted by atomic mass is 16.4. The van der Waals surface area contributed by atoms with E-state index in [1.807, 2.05) is 24.3 Å². The van der Waals surface area contributed by atoms with Gasteiger partial charge in [0, 0.05) is 47.2 Å². The van der Waals surface area contributed by atoms with Crippen LogP contribution < -0.4 is 43.8 Å². The van der Waals surface area contributed by atoms with Crippen LogP contribution in [-0.2, 0) is 46.4 Å². The number of nitrogens with one attached hydrogen (secondary N) is 7. The number of aromatic nitrogens is 2. The van der Waals surface area contributed by atoms with Crippen LogP contribution in [0, 0.1) is 0 Å². The molecule has 21 heteroatoms. The highest BCUT2D eigenvalue weighted by molar-refractivity contribution is 5.96. The molecule has 0 unspecified atom stereocenters. The van der Waals surface area contributed by atoms with Crippen LogP contribution in [0.25, 0.3) is 21.8 Å². The molecule has 0 bridgehead atoms. The number of aromatic amines is 2. The van der Waals surface area contributed by atoms with Crippen molar-refractivity contribution < 1.29 is 48.9 Å². The number of aliphatic imine (C=N–C) groups is 1.